The van der Waals surface area contributed by atoms with Gasteiger partial charge in [0.2, 0.25) is 0 Å². The van der Waals surface area contributed by atoms with Gasteiger partial charge in [0.05, 0.1) is 6.20 Å². The van der Waals surface area contributed by atoms with Crippen molar-refractivity contribution in [2.24, 2.45) is 13.0 Å². The lowest BCUT2D eigenvalue weighted by Crippen LogP contribution is -2.38. The van der Waals surface area contributed by atoms with Crippen LogP contribution in [0.25, 0.3) is 0 Å². The van der Waals surface area contributed by atoms with E-state index in [1.807, 2.05) is 17.9 Å². The second-order valence-corrected chi connectivity index (χ2v) is 5.36. The first-order chi connectivity index (χ1) is 8.54. The molecule has 18 heavy (non-hydrogen) atoms. The summed E-state index contributed by atoms with van der Waals surface area (Å²) < 4.78 is 1.86. The van der Waals surface area contributed by atoms with Crippen LogP contribution in [0.1, 0.15) is 32.8 Å². The van der Waals surface area contributed by atoms with Gasteiger partial charge in [0.1, 0.15) is 0 Å². The molecule has 0 aliphatic carbocycles. The van der Waals surface area contributed by atoms with Crippen molar-refractivity contribution in [1.29, 1.82) is 0 Å². The monoisotopic (exact) mass is 252 g/mol. The molecule has 0 saturated carbocycles. The molecule has 1 rings (SSSR count). The second kappa shape index (κ2) is 7.54. The largest absolute Gasteiger partial charge is 0.316 e. The first kappa shape index (κ1) is 15.2. The predicted molar refractivity (Wildman–Crippen MR) is 76.5 cm³/mol. The Morgan fingerprint density at radius 1 is 1.44 bits per heavy atom. The Balaban J connectivity index is 2.37. The lowest BCUT2D eigenvalue weighted by Gasteiger charge is -2.29. The molecule has 2 unspecified atom stereocenters. The summed E-state index contributed by atoms with van der Waals surface area (Å²) in [6.45, 7) is 9.99. The fourth-order valence-corrected chi connectivity index (χ4v) is 2.10. The lowest BCUT2D eigenvalue weighted by atomic mass is 10.0. The summed E-state index contributed by atoms with van der Waals surface area (Å²) in [5, 5.41) is 7.71. The van der Waals surface area contributed by atoms with Crippen LogP contribution in [0.15, 0.2) is 12.4 Å². The van der Waals surface area contributed by atoms with E-state index in [0.29, 0.717) is 12.0 Å². The average Bonchev–Trinajstić information content (AvgIpc) is 2.73. The summed E-state index contributed by atoms with van der Waals surface area (Å²) in [7, 11) is 4.15. The van der Waals surface area contributed by atoms with E-state index in [1.165, 1.54) is 12.0 Å². The average molecular weight is 252 g/mol. The SMILES string of the molecule is CCCNCC(C)C(C)N(C)Cc1cnn(C)c1. The Bertz CT molecular complexity index is 334. The van der Waals surface area contributed by atoms with Gasteiger partial charge in [-0.15, -0.1) is 0 Å². The third-order valence-electron chi connectivity index (χ3n) is 3.60. The highest BCUT2D eigenvalue weighted by molar-refractivity contribution is 5.03. The third kappa shape index (κ3) is 4.78. The fourth-order valence-electron chi connectivity index (χ4n) is 2.10. The summed E-state index contributed by atoms with van der Waals surface area (Å²) in [5.41, 5.74) is 1.28. The molecule has 0 radical (unpaired) electrons. The molecule has 1 aromatic heterocycles. The summed E-state index contributed by atoms with van der Waals surface area (Å²) >= 11 is 0. The highest BCUT2D eigenvalue weighted by atomic mass is 15.2. The predicted octanol–water partition coefficient (Wildman–Crippen LogP) is 1.88. The molecule has 0 amide bonds. The zero-order chi connectivity index (χ0) is 13.5. The Morgan fingerprint density at radius 3 is 2.72 bits per heavy atom. The smallest absolute Gasteiger partial charge is 0.0534 e. The van der Waals surface area contributed by atoms with E-state index in [4.69, 9.17) is 0 Å². The van der Waals surface area contributed by atoms with Crippen molar-refractivity contribution in [2.45, 2.75) is 39.8 Å². The maximum absolute atomic E-state index is 4.21. The molecule has 2 atom stereocenters. The minimum absolute atomic E-state index is 0.564. The quantitative estimate of drug-likeness (QED) is 0.717. The topological polar surface area (TPSA) is 33.1 Å². The Labute approximate surface area is 111 Å². The maximum Gasteiger partial charge on any atom is 0.0534 e. The molecule has 0 aliphatic heterocycles. The van der Waals surface area contributed by atoms with E-state index in [2.05, 4.69) is 49.3 Å². The summed E-state index contributed by atoms with van der Waals surface area (Å²) in [4.78, 5) is 2.40. The molecular formula is C14H28N4. The molecule has 4 heteroatoms. The van der Waals surface area contributed by atoms with E-state index < -0.39 is 0 Å². The number of aromatic nitrogens is 2. The first-order valence-electron chi connectivity index (χ1n) is 6.93. The second-order valence-electron chi connectivity index (χ2n) is 5.36. The van der Waals surface area contributed by atoms with Crippen LogP contribution in [-0.4, -0.2) is 40.9 Å². The van der Waals surface area contributed by atoms with Gasteiger partial charge in [0.15, 0.2) is 0 Å². The van der Waals surface area contributed by atoms with Crippen LogP contribution in [0.3, 0.4) is 0 Å². The number of aryl methyl sites for hydroxylation is 1. The highest BCUT2D eigenvalue weighted by Gasteiger charge is 2.17. The van der Waals surface area contributed by atoms with Crippen molar-refractivity contribution in [3.05, 3.63) is 18.0 Å². The van der Waals surface area contributed by atoms with Gasteiger partial charge in [-0.1, -0.05) is 13.8 Å². The molecule has 0 bridgehead atoms. The van der Waals surface area contributed by atoms with E-state index in [-0.39, 0.29) is 0 Å². The molecule has 1 heterocycles. The molecule has 1 aromatic rings. The number of hydrogen-bond acceptors (Lipinski definition) is 3. The summed E-state index contributed by atoms with van der Waals surface area (Å²) in [6, 6.07) is 0.564. The van der Waals surface area contributed by atoms with Gasteiger partial charge in [-0.3, -0.25) is 9.58 Å². The first-order valence-corrected chi connectivity index (χ1v) is 6.93. The number of nitrogens with one attached hydrogen (secondary N) is 1. The van der Waals surface area contributed by atoms with E-state index in [0.717, 1.165) is 19.6 Å². The van der Waals surface area contributed by atoms with Gasteiger partial charge in [0.25, 0.3) is 0 Å². The molecule has 0 spiro atoms. The van der Waals surface area contributed by atoms with Crippen LogP contribution in [0.2, 0.25) is 0 Å². The van der Waals surface area contributed by atoms with Gasteiger partial charge in [-0.05, 0) is 39.4 Å². The summed E-state index contributed by atoms with van der Waals surface area (Å²) in [6.07, 6.45) is 5.24. The van der Waals surface area contributed by atoms with Crippen LogP contribution in [0.5, 0.6) is 0 Å². The van der Waals surface area contributed by atoms with Crippen molar-refractivity contribution >= 4 is 0 Å². The van der Waals surface area contributed by atoms with Crippen LogP contribution in [0, 0.1) is 5.92 Å². The van der Waals surface area contributed by atoms with E-state index >= 15 is 0 Å². The van der Waals surface area contributed by atoms with Crippen molar-refractivity contribution < 1.29 is 0 Å². The standard InChI is InChI=1S/C14H28N4/c1-6-7-15-8-12(2)13(3)17(4)10-14-9-16-18(5)11-14/h9,11-13,15H,6-8,10H2,1-5H3. The highest BCUT2D eigenvalue weighted by Crippen LogP contribution is 2.12. The Kier molecular flexibility index (Phi) is 6.36. The maximum atomic E-state index is 4.21. The molecule has 104 valence electrons. The molecular weight excluding hydrogens is 224 g/mol. The zero-order valence-electron chi connectivity index (χ0n) is 12.5. The van der Waals surface area contributed by atoms with Crippen LogP contribution < -0.4 is 5.32 Å². The lowest BCUT2D eigenvalue weighted by molar-refractivity contribution is 0.189. The van der Waals surface area contributed by atoms with E-state index in [9.17, 15) is 0 Å². The van der Waals surface area contributed by atoms with Gasteiger partial charge >= 0.3 is 0 Å². The molecule has 0 aliphatic rings. The van der Waals surface area contributed by atoms with Gasteiger partial charge < -0.3 is 5.32 Å². The summed E-state index contributed by atoms with van der Waals surface area (Å²) in [5.74, 6) is 0.651. The van der Waals surface area contributed by atoms with Crippen molar-refractivity contribution in [3.63, 3.8) is 0 Å². The number of nitrogens with zero attached hydrogens (tertiary/aromatic N) is 3. The third-order valence-corrected chi connectivity index (χ3v) is 3.60. The minimum atomic E-state index is 0.564. The number of rotatable bonds is 8. The number of hydrogen-bond donors (Lipinski definition) is 1. The van der Waals surface area contributed by atoms with Gasteiger partial charge in [-0.25, -0.2) is 0 Å². The van der Waals surface area contributed by atoms with Gasteiger partial charge in [-0.2, -0.15) is 5.10 Å². The van der Waals surface area contributed by atoms with Crippen molar-refractivity contribution in [2.75, 3.05) is 20.1 Å². The molecule has 0 saturated heterocycles. The molecule has 4 nitrogen and oxygen atoms in total. The Hall–Kier alpha value is -0.870. The van der Waals surface area contributed by atoms with Gasteiger partial charge in [0, 0.05) is 31.4 Å². The minimum Gasteiger partial charge on any atom is -0.316 e. The van der Waals surface area contributed by atoms with Crippen LogP contribution in [-0.2, 0) is 13.6 Å². The zero-order valence-corrected chi connectivity index (χ0v) is 12.5. The molecule has 1 N–H and O–H groups in total. The molecule has 0 aromatic carbocycles. The normalized spacial score (nSPS) is 15.0. The fraction of sp³-hybridized carbons (Fsp3) is 0.786. The molecule has 0 fully saturated rings. The van der Waals surface area contributed by atoms with Crippen molar-refractivity contribution in [1.82, 2.24) is 20.0 Å². The van der Waals surface area contributed by atoms with Crippen molar-refractivity contribution in [3.8, 4) is 0 Å². The Morgan fingerprint density at radius 2 is 2.17 bits per heavy atom. The van der Waals surface area contributed by atoms with Crippen LogP contribution >= 0.6 is 0 Å². The van der Waals surface area contributed by atoms with E-state index in [1.54, 1.807) is 0 Å². The van der Waals surface area contributed by atoms with Crippen LogP contribution in [0.4, 0.5) is 0 Å².